The molecule has 0 fully saturated rings. The van der Waals surface area contributed by atoms with E-state index in [0.29, 0.717) is 17.2 Å². The Morgan fingerprint density at radius 1 is 1.19 bits per heavy atom. The number of nitro groups is 1. The number of hydrogen-bond acceptors (Lipinski definition) is 4. The van der Waals surface area contributed by atoms with Crippen molar-refractivity contribution in [3.8, 4) is 11.5 Å². The van der Waals surface area contributed by atoms with Crippen LogP contribution in [-0.2, 0) is 4.79 Å². The molecule has 0 aliphatic heterocycles. The van der Waals surface area contributed by atoms with Gasteiger partial charge in [0.1, 0.15) is 16.5 Å². The van der Waals surface area contributed by atoms with Gasteiger partial charge < -0.3 is 10.1 Å². The molecular formula is C14H11ClN2O4. The molecule has 0 heterocycles. The molecule has 0 radical (unpaired) electrons. The molecule has 0 bridgehead atoms. The van der Waals surface area contributed by atoms with E-state index < -0.39 is 4.92 Å². The van der Waals surface area contributed by atoms with E-state index in [0.717, 1.165) is 0 Å². The summed E-state index contributed by atoms with van der Waals surface area (Å²) >= 11 is 5.80. The molecule has 2 aromatic carbocycles. The molecule has 2 rings (SSSR count). The topological polar surface area (TPSA) is 81.5 Å². The summed E-state index contributed by atoms with van der Waals surface area (Å²) in [6.45, 7) is 1.42. The lowest BCUT2D eigenvalue weighted by molar-refractivity contribution is -0.384. The van der Waals surface area contributed by atoms with E-state index in [9.17, 15) is 14.9 Å². The van der Waals surface area contributed by atoms with Gasteiger partial charge in [0, 0.05) is 24.7 Å². The van der Waals surface area contributed by atoms with Crippen molar-refractivity contribution >= 4 is 28.9 Å². The largest absolute Gasteiger partial charge is 0.457 e. The maximum Gasteiger partial charge on any atom is 0.288 e. The minimum atomic E-state index is -0.561. The van der Waals surface area contributed by atoms with Crippen molar-refractivity contribution in [1.29, 1.82) is 0 Å². The Balaban J connectivity index is 2.13. The third-order valence-electron chi connectivity index (χ3n) is 2.53. The van der Waals surface area contributed by atoms with Gasteiger partial charge in [-0.25, -0.2) is 0 Å². The first-order valence-electron chi connectivity index (χ1n) is 5.95. The number of rotatable bonds is 4. The predicted octanol–water partition coefficient (Wildman–Crippen LogP) is 4.00. The van der Waals surface area contributed by atoms with Gasteiger partial charge in [-0.3, -0.25) is 14.9 Å². The summed E-state index contributed by atoms with van der Waals surface area (Å²) in [5, 5.41) is 13.3. The molecule has 0 unspecified atom stereocenters. The van der Waals surface area contributed by atoms with Crippen LogP contribution in [0.4, 0.5) is 11.4 Å². The van der Waals surface area contributed by atoms with Crippen LogP contribution in [0.5, 0.6) is 11.5 Å². The molecule has 7 heteroatoms. The molecular weight excluding hydrogens is 296 g/mol. The number of carbonyl (C=O) groups is 1. The summed E-state index contributed by atoms with van der Waals surface area (Å²) < 4.78 is 5.53. The van der Waals surface area contributed by atoms with Crippen LogP contribution in [0.15, 0.2) is 42.5 Å². The molecule has 0 aromatic heterocycles. The van der Waals surface area contributed by atoms with Gasteiger partial charge in [0.2, 0.25) is 5.91 Å². The van der Waals surface area contributed by atoms with Crippen LogP contribution in [0.3, 0.4) is 0 Å². The second-order valence-electron chi connectivity index (χ2n) is 4.18. The smallest absolute Gasteiger partial charge is 0.288 e. The third kappa shape index (κ3) is 3.93. The van der Waals surface area contributed by atoms with E-state index in [-0.39, 0.29) is 16.6 Å². The molecule has 0 atom stereocenters. The summed E-state index contributed by atoms with van der Waals surface area (Å²) in [7, 11) is 0. The molecule has 21 heavy (non-hydrogen) atoms. The van der Waals surface area contributed by atoms with E-state index in [1.54, 1.807) is 24.3 Å². The van der Waals surface area contributed by atoms with Gasteiger partial charge in [0.15, 0.2) is 0 Å². The lowest BCUT2D eigenvalue weighted by atomic mass is 10.3. The standard InChI is InChI=1S/C14H11ClN2O4/c1-9(18)16-10-2-4-11(5-3-10)21-12-6-7-14(17(19)20)13(15)8-12/h2-8H,1H3,(H,16,18). The van der Waals surface area contributed by atoms with Crippen LogP contribution in [-0.4, -0.2) is 10.8 Å². The molecule has 0 saturated carbocycles. The van der Waals surface area contributed by atoms with Gasteiger partial charge in [0.25, 0.3) is 5.69 Å². The van der Waals surface area contributed by atoms with Crippen LogP contribution in [0, 0.1) is 10.1 Å². The number of halogens is 1. The molecule has 0 aliphatic rings. The van der Waals surface area contributed by atoms with E-state index in [4.69, 9.17) is 16.3 Å². The molecule has 2 aromatic rings. The van der Waals surface area contributed by atoms with Crippen molar-refractivity contribution in [2.75, 3.05) is 5.32 Å². The quantitative estimate of drug-likeness (QED) is 0.683. The van der Waals surface area contributed by atoms with Crippen LogP contribution >= 0.6 is 11.6 Å². The fourth-order valence-corrected chi connectivity index (χ4v) is 1.88. The maximum absolute atomic E-state index is 10.9. The summed E-state index contributed by atoms with van der Waals surface area (Å²) in [5.74, 6) is 0.748. The van der Waals surface area contributed by atoms with Crippen molar-refractivity contribution in [3.05, 3.63) is 57.6 Å². The molecule has 0 saturated heterocycles. The van der Waals surface area contributed by atoms with Gasteiger partial charge >= 0.3 is 0 Å². The molecule has 108 valence electrons. The number of ether oxygens (including phenoxy) is 1. The Hall–Kier alpha value is -2.60. The van der Waals surface area contributed by atoms with Gasteiger partial charge in [-0.1, -0.05) is 11.6 Å². The van der Waals surface area contributed by atoms with Gasteiger partial charge in [-0.15, -0.1) is 0 Å². The number of hydrogen-bond donors (Lipinski definition) is 1. The number of nitro benzene ring substituents is 1. The Bertz CT molecular complexity index is 686. The van der Waals surface area contributed by atoms with Crippen LogP contribution < -0.4 is 10.1 Å². The normalized spacial score (nSPS) is 10.0. The van der Waals surface area contributed by atoms with E-state index >= 15 is 0 Å². The van der Waals surface area contributed by atoms with Crippen molar-refractivity contribution in [2.45, 2.75) is 6.92 Å². The zero-order valence-corrected chi connectivity index (χ0v) is 11.8. The number of carbonyl (C=O) groups excluding carboxylic acids is 1. The SMILES string of the molecule is CC(=O)Nc1ccc(Oc2ccc([N+](=O)[O-])c(Cl)c2)cc1. The fraction of sp³-hybridized carbons (Fsp3) is 0.0714. The van der Waals surface area contributed by atoms with E-state index in [1.807, 2.05) is 0 Å². The van der Waals surface area contributed by atoms with Gasteiger partial charge in [-0.2, -0.15) is 0 Å². The lowest BCUT2D eigenvalue weighted by Crippen LogP contribution is -2.05. The monoisotopic (exact) mass is 306 g/mol. The lowest BCUT2D eigenvalue weighted by Gasteiger charge is -2.07. The average Bonchev–Trinajstić information content (AvgIpc) is 2.40. The summed E-state index contributed by atoms with van der Waals surface area (Å²) in [6, 6.07) is 10.8. The number of anilines is 1. The van der Waals surface area contributed by atoms with Crippen LogP contribution in [0.2, 0.25) is 5.02 Å². The molecule has 0 spiro atoms. The fourth-order valence-electron chi connectivity index (χ4n) is 1.64. The highest BCUT2D eigenvalue weighted by atomic mass is 35.5. The van der Waals surface area contributed by atoms with E-state index in [2.05, 4.69) is 5.32 Å². The first kappa shape index (κ1) is 14.8. The van der Waals surface area contributed by atoms with Crippen LogP contribution in [0.1, 0.15) is 6.92 Å². The number of amides is 1. The Morgan fingerprint density at radius 3 is 2.33 bits per heavy atom. The van der Waals surface area contributed by atoms with Crippen molar-refractivity contribution in [3.63, 3.8) is 0 Å². The minimum Gasteiger partial charge on any atom is -0.457 e. The van der Waals surface area contributed by atoms with E-state index in [1.165, 1.54) is 25.1 Å². The predicted molar refractivity (Wildman–Crippen MR) is 78.9 cm³/mol. The number of benzene rings is 2. The minimum absolute atomic E-state index is 0.00682. The van der Waals surface area contributed by atoms with Gasteiger partial charge in [0.05, 0.1) is 4.92 Å². The van der Waals surface area contributed by atoms with Gasteiger partial charge in [-0.05, 0) is 30.3 Å². The van der Waals surface area contributed by atoms with Crippen molar-refractivity contribution < 1.29 is 14.5 Å². The zero-order valence-electron chi connectivity index (χ0n) is 11.0. The molecule has 6 nitrogen and oxygen atoms in total. The third-order valence-corrected chi connectivity index (χ3v) is 2.83. The summed E-state index contributed by atoms with van der Waals surface area (Å²) in [5.41, 5.74) is 0.474. The number of nitrogens with one attached hydrogen (secondary N) is 1. The Labute approximate surface area is 125 Å². The molecule has 0 aliphatic carbocycles. The summed E-state index contributed by atoms with van der Waals surface area (Å²) in [6.07, 6.45) is 0. The highest BCUT2D eigenvalue weighted by Crippen LogP contribution is 2.31. The first-order chi connectivity index (χ1) is 9.95. The van der Waals surface area contributed by atoms with Crippen molar-refractivity contribution in [1.82, 2.24) is 0 Å². The second-order valence-corrected chi connectivity index (χ2v) is 4.59. The highest BCUT2D eigenvalue weighted by molar-refractivity contribution is 6.32. The number of nitrogens with zero attached hydrogens (tertiary/aromatic N) is 1. The Kier molecular flexibility index (Phi) is 4.39. The molecule has 1 N–H and O–H groups in total. The molecule has 1 amide bonds. The average molecular weight is 307 g/mol. The zero-order chi connectivity index (χ0) is 15.4. The second kappa shape index (κ2) is 6.23. The van der Waals surface area contributed by atoms with Crippen molar-refractivity contribution in [2.24, 2.45) is 0 Å². The maximum atomic E-state index is 10.9. The first-order valence-corrected chi connectivity index (χ1v) is 6.33. The Morgan fingerprint density at radius 2 is 1.81 bits per heavy atom. The highest BCUT2D eigenvalue weighted by Gasteiger charge is 2.12. The summed E-state index contributed by atoms with van der Waals surface area (Å²) in [4.78, 5) is 21.0. The van der Waals surface area contributed by atoms with Crippen LogP contribution in [0.25, 0.3) is 0 Å².